The predicted molar refractivity (Wildman–Crippen MR) is 58.8 cm³/mol. The molecule has 16 heavy (non-hydrogen) atoms. The van der Waals surface area contributed by atoms with Gasteiger partial charge in [-0.3, -0.25) is 0 Å². The molecule has 5 nitrogen and oxygen atoms in total. The second-order valence-corrected chi connectivity index (χ2v) is 3.79. The zero-order valence-corrected chi connectivity index (χ0v) is 9.18. The fourth-order valence-corrected chi connectivity index (χ4v) is 1.72. The van der Waals surface area contributed by atoms with Gasteiger partial charge in [0.05, 0.1) is 18.5 Å². The maximum atomic E-state index is 8.57. The Morgan fingerprint density at radius 3 is 2.88 bits per heavy atom. The van der Waals surface area contributed by atoms with Crippen molar-refractivity contribution in [2.45, 2.75) is 31.9 Å². The van der Waals surface area contributed by atoms with E-state index in [0.29, 0.717) is 17.8 Å². The molecule has 0 aromatic carbocycles. The molecule has 0 amide bonds. The summed E-state index contributed by atoms with van der Waals surface area (Å²) in [5.74, 6) is 0.721. The van der Waals surface area contributed by atoms with Crippen molar-refractivity contribution >= 4 is 5.82 Å². The molecule has 1 aromatic heterocycles. The maximum absolute atomic E-state index is 8.57. The van der Waals surface area contributed by atoms with Gasteiger partial charge >= 0.3 is 0 Å². The average Bonchev–Trinajstić information content (AvgIpc) is 2.27. The first-order valence-electron chi connectivity index (χ1n) is 5.42. The monoisotopic (exact) mass is 218 g/mol. The van der Waals surface area contributed by atoms with Crippen LogP contribution >= 0.6 is 0 Å². The van der Waals surface area contributed by atoms with E-state index in [4.69, 9.17) is 10.00 Å². The third kappa shape index (κ3) is 2.47. The van der Waals surface area contributed by atoms with E-state index in [1.165, 1.54) is 6.20 Å². The van der Waals surface area contributed by atoms with Crippen LogP contribution in [0, 0.1) is 11.3 Å². The fraction of sp³-hybridized carbons (Fsp3) is 0.545. The fourth-order valence-electron chi connectivity index (χ4n) is 1.72. The van der Waals surface area contributed by atoms with Gasteiger partial charge in [-0.2, -0.15) is 5.26 Å². The van der Waals surface area contributed by atoms with E-state index in [1.54, 1.807) is 6.20 Å². The lowest BCUT2D eigenvalue weighted by Crippen LogP contribution is -2.41. The van der Waals surface area contributed by atoms with E-state index < -0.39 is 0 Å². The molecule has 0 aliphatic heterocycles. The second-order valence-electron chi connectivity index (χ2n) is 3.79. The van der Waals surface area contributed by atoms with E-state index in [2.05, 4.69) is 15.3 Å². The zero-order chi connectivity index (χ0) is 11.4. The number of hydrogen-bond acceptors (Lipinski definition) is 5. The molecule has 0 spiro atoms. The number of anilines is 1. The SMILES string of the molecule is CCOC1CC(Nc2cnc(C#N)cn2)C1. The highest BCUT2D eigenvalue weighted by molar-refractivity contribution is 5.35. The molecule has 1 heterocycles. The standard InChI is InChI=1S/C11H14N4O/c1-2-16-10-3-8(4-10)15-11-7-13-9(5-12)6-14-11/h6-8,10H,2-4H2,1H3,(H,14,15). The predicted octanol–water partition coefficient (Wildman–Crippen LogP) is 1.33. The molecule has 1 aliphatic carbocycles. The highest BCUT2D eigenvalue weighted by Gasteiger charge is 2.29. The number of hydrogen-bond donors (Lipinski definition) is 1. The quantitative estimate of drug-likeness (QED) is 0.825. The normalized spacial score (nSPS) is 23.2. The molecule has 0 unspecified atom stereocenters. The first-order chi connectivity index (χ1) is 7.81. The van der Waals surface area contributed by atoms with Crippen molar-refractivity contribution < 1.29 is 4.74 Å². The summed E-state index contributed by atoms with van der Waals surface area (Å²) in [5.41, 5.74) is 0.339. The molecule has 0 bridgehead atoms. The number of nitriles is 1. The molecule has 84 valence electrons. The highest BCUT2D eigenvalue weighted by atomic mass is 16.5. The summed E-state index contributed by atoms with van der Waals surface area (Å²) in [6.07, 6.45) is 5.47. The van der Waals surface area contributed by atoms with E-state index >= 15 is 0 Å². The summed E-state index contributed by atoms with van der Waals surface area (Å²) in [6.45, 7) is 2.78. The molecule has 0 atom stereocenters. The highest BCUT2D eigenvalue weighted by Crippen LogP contribution is 2.25. The van der Waals surface area contributed by atoms with Gasteiger partial charge in [-0.1, -0.05) is 0 Å². The lowest BCUT2D eigenvalue weighted by Gasteiger charge is -2.35. The van der Waals surface area contributed by atoms with Crippen molar-refractivity contribution in [3.8, 4) is 6.07 Å². The summed E-state index contributed by atoms with van der Waals surface area (Å²) in [7, 11) is 0. The zero-order valence-electron chi connectivity index (χ0n) is 9.18. The number of nitrogens with one attached hydrogen (secondary N) is 1. The van der Waals surface area contributed by atoms with Gasteiger partial charge in [0.2, 0.25) is 0 Å². The van der Waals surface area contributed by atoms with Crippen LogP contribution in [-0.4, -0.2) is 28.7 Å². The minimum Gasteiger partial charge on any atom is -0.378 e. The molecular formula is C11H14N4O. The summed E-state index contributed by atoms with van der Waals surface area (Å²) in [5, 5.41) is 11.8. The van der Waals surface area contributed by atoms with Crippen molar-refractivity contribution in [3.63, 3.8) is 0 Å². The van der Waals surface area contributed by atoms with Crippen LogP contribution in [-0.2, 0) is 4.74 Å². The second kappa shape index (κ2) is 4.90. The Balaban J connectivity index is 1.80. The molecule has 1 aliphatic rings. The van der Waals surface area contributed by atoms with Gasteiger partial charge in [0.25, 0.3) is 0 Å². The Morgan fingerprint density at radius 2 is 2.31 bits per heavy atom. The van der Waals surface area contributed by atoms with Crippen LogP contribution in [0.1, 0.15) is 25.5 Å². The molecule has 0 radical (unpaired) electrons. The van der Waals surface area contributed by atoms with Gasteiger partial charge < -0.3 is 10.1 Å². The van der Waals surface area contributed by atoms with Gasteiger partial charge in [0.1, 0.15) is 11.9 Å². The summed E-state index contributed by atoms with van der Waals surface area (Å²) in [4.78, 5) is 8.05. The lowest BCUT2D eigenvalue weighted by atomic mass is 9.89. The topological polar surface area (TPSA) is 70.8 Å². The van der Waals surface area contributed by atoms with E-state index in [0.717, 1.165) is 25.3 Å². The Kier molecular flexibility index (Phi) is 3.32. The number of nitrogens with zero attached hydrogens (tertiary/aromatic N) is 3. The molecule has 0 saturated heterocycles. The Morgan fingerprint density at radius 1 is 1.50 bits per heavy atom. The Bertz CT molecular complexity index is 378. The van der Waals surface area contributed by atoms with Crippen LogP contribution in [0.5, 0.6) is 0 Å². The lowest BCUT2D eigenvalue weighted by molar-refractivity contribution is 0.00292. The van der Waals surface area contributed by atoms with Crippen molar-refractivity contribution in [1.29, 1.82) is 5.26 Å². The average molecular weight is 218 g/mol. The largest absolute Gasteiger partial charge is 0.378 e. The summed E-state index contributed by atoms with van der Waals surface area (Å²) >= 11 is 0. The van der Waals surface area contributed by atoms with E-state index in [9.17, 15) is 0 Å². The van der Waals surface area contributed by atoms with Crippen LogP contribution < -0.4 is 5.32 Å². The molecule has 1 aromatic rings. The minimum atomic E-state index is 0.339. The smallest absolute Gasteiger partial charge is 0.158 e. The first-order valence-corrected chi connectivity index (χ1v) is 5.42. The molecular weight excluding hydrogens is 204 g/mol. The van der Waals surface area contributed by atoms with Crippen LogP contribution in [0.25, 0.3) is 0 Å². The molecule has 2 rings (SSSR count). The van der Waals surface area contributed by atoms with E-state index in [1.807, 2.05) is 13.0 Å². The maximum Gasteiger partial charge on any atom is 0.158 e. The third-order valence-corrected chi connectivity index (χ3v) is 2.62. The van der Waals surface area contributed by atoms with Crippen LogP contribution in [0.4, 0.5) is 5.82 Å². The van der Waals surface area contributed by atoms with Crippen molar-refractivity contribution in [2.75, 3.05) is 11.9 Å². The van der Waals surface area contributed by atoms with Gasteiger partial charge in [-0.05, 0) is 19.8 Å². The molecule has 5 heteroatoms. The third-order valence-electron chi connectivity index (χ3n) is 2.62. The number of rotatable bonds is 4. The molecule has 1 N–H and O–H groups in total. The summed E-state index contributed by atoms with van der Waals surface area (Å²) in [6, 6.07) is 2.35. The Hall–Kier alpha value is -1.67. The van der Waals surface area contributed by atoms with Crippen LogP contribution in [0.3, 0.4) is 0 Å². The van der Waals surface area contributed by atoms with Crippen LogP contribution in [0.15, 0.2) is 12.4 Å². The van der Waals surface area contributed by atoms with E-state index in [-0.39, 0.29) is 0 Å². The van der Waals surface area contributed by atoms with Gasteiger partial charge in [-0.15, -0.1) is 0 Å². The van der Waals surface area contributed by atoms with Gasteiger partial charge in [0, 0.05) is 12.6 Å². The molecule has 1 saturated carbocycles. The number of aromatic nitrogens is 2. The first kappa shape index (κ1) is 10.8. The summed E-state index contributed by atoms with van der Waals surface area (Å²) < 4.78 is 5.46. The Labute approximate surface area is 94.5 Å². The van der Waals surface area contributed by atoms with Gasteiger partial charge in [0.15, 0.2) is 5.69 Å². The van der Waals surface area contributed by atoms with Crippen molar-refractivity contribution in [3.05, 3.63) is 18.1 Å². The molecule has 1 fully saturated rings. The minimum absolute atomic E-state index is 0.339. The van der Waals surface area contributed by atoms with Crippen molar-refractivity contribution in [1.82, 2.24) is 9.97 Å². The van der Waals surface area contributed by atoms with Gasteiger partial charge in [-0.25, -0.2) is 9.97 Å². The van der Waals surface area contributed by atoms with Crippen LogP contribution in [0.2, 0.25) is 0 Å². The number of ether oxygens (including phenoxy) is 1. The van der Waals surface area contributed by atoms with Crippen molar-refractivity contribution in [2.24, 2.45) is 0 Å².